The summed E-state index contributed by atoms with van der Waals surface area (Å²) in [4.78, 5) is 14.5. The van der Waals surface area contributed by atoms with E-state index in [1.807, 2.05) is 75.6 Å². The average Bonchev–Trinajstić information content (AvgIpc) is 2.64. The standard InChI is InChI=1S/C21H28N2O2/c1-16(21(25)22-13-8-14-23(2)3)18-11-7-12-19(15-18)20(24)17-9-5-4-6-10-17/h4-7,9-12,15-16,20,24H,8,13-14H2,1-3H3,(H,22,25). The maximum atomic E-state index is 12.4. The molecule has 4 heteroatoms. The Kier molecular flexibility index (Phi) is 7.16. The molecule has 0 aliphatic heterocycles. The van der Waals surface area contributed by atoms with E-state index in [0.29, 0.717) is 6.54 Å². The Balaban J connectivity index is 2.01. The van der Waals surface area contributed by atoms with Crippen molar-refractivity contribution < 1.29 is 9.90 Å². The Bertz CT molecular complexity index is 671. The van der Waals surface area contributed by atoms with Gasteiger partial charge in [0.2, 0.25) is 5.91 Å². The second-order valence-electron chi connectivity index (χ2n) is 6.65. The molecule has 2 rings (SSSR count). The Hall–Kier alpha value is -2.17. The smallest absolute Gasteiger partial charge is 0.227 e. The molecule has 2 unspecified atom stereocenters. The highest BCUT2D eigenvalue weighted by molar-refractivity contribution is 5.83. The van der Waals surface area contributed by atoms with Crippen LogP contribution in [0.15, 0.2) is 54.6 Å². The zero-order chi connectivity index (χ0) is 18.2. The largest absolute Gasteiger partial charge is 0.384 e. The molecule has 2 N–H and O–H groups in total. The summed E-state index contributed by atoms with van der Waals surface area (Å²) in [5.41, 5.74) is 2.56. The van der Waals surface area contributed by atoms with Crippen LogP contribution in [0.25, 0.3) is 0 Å². The summed E-state index contributed by atoms with van der Waals surface area (Å²) in [6.45, 7) is 3.52. The highest BCUT2D eigenvalue weighted by Gasteiger charge is 2.17. The molecule has 2 aromatic rings. The van der Waals surface area contributed by atoms with Gasteiger partial charge in [0.05, 0.1) is 5.92 Å². The SMILES string of the molecule is CC(C(=O)NCCCN(C)C)c1cccc(C(O)c2ccccc2)c1. The molecule has 0 saturated heterocycles. The Labute approximate surface area is 150 Å². The van der Waals surface area contributed by atoms with Crippen molar-refractivity contribution in [2.45, 2.75) is 25.4 Å². The number of nitrogens with one attached hydrogen (secondary N) is 1. The van der Waals surface area contributed by atoms with Gasteiger partial charge in [-0.15, -0.1) is 0 Å². The first-order chi connectivity index (χ1) is 12.0. The number of hydrogen-bond acceptors (Lipinski definition) is 3. The molecule has 134 valence electrons. The van der Waals surface area contributed by atoms with Gasteiger partial charge in [-0.25, -0.2) is 0 Å². The number of carbonyl (C=O) groups is 1. The monoisotopic (exact) mass is 340 g/mol. The Morgan fingerprint density at radius 1 is 1.04 bits per heavy atom. The van der Waals surface area contributed by atoms with Gasteiger partial charge in [-0.2, -0.15) is 0 Å². The lowest BCUT2D eigenvalue weighted by Crippen LogP contribution is -2.30. The van der Waals surface area contributed by atoms with E-state index >= 15 is 0 Å². The predicted octanol–water partition coefficient (Wildman–Crippen LogP) is 2.94. The molecule has 0 fully saturated rings. The molecule has 0 aromatic heterocycles. The van der Waals surface area contributed by atoms with Crippen molar-refractivity contribution >= 4 is 5.91 Å². The number of aliphatic hydroxyl groups excluding tert-OH is 1. The first kappa shape index (κ1) is 19.2. The molecule has 25 heavy (non-hydrogen) atoms. The van der Waals surface area contributed by atoms with Crippen LogP contribution in [0.1, 0.15) is 42.1 Å². The van der Waals surface area contributed by atoms with E-state index in [2.05, 4.69) is 10.2 Å². The van der Waals surface area contributed by atoms with Crippen molar-refractivity contribution in [1.29, 1.82) is 0 Å². The Morgan fingerprint density at radius 3 is 2.36 bits per heavy atom. The molecule has 2 aromatic carbocycles. The van der Waals surface area contributed by atoms with Crippen molar-refractivity contribution in [3.05, 3.63) is 71.3 Å². The van der Waals surface area contributed by atoms with Crippen molar-refractivity contribution in [3.63, 3.8) is 0 Å². The molecular weight excluding hydrogens is 312 g/mol. The van der Waals surface area contributed by atoms with Crippen molar-refractivity contribution in [2.75, 3.05) is 27.2 Å². The molecule has 0 spiro atoms. The van der Waals surface area contributed by atoms with Gasteiger partial charge in [0.15, 0.2) is 0 Å². The minimum atomic E-state index is -0.684. The summed E-state index contributed by atoms with van der Waals surface area (Å²) < 4.78 is 0. The second kappa shape index (κ2) is 9.35. The van der Waals surface area contributed by atoms with Gasteiger partial charge < -0.3 is 15.3 Å². The van der Waals surface area contributed by atoms with Gasteiger partial charge >= 0.3 is 0 Å². The number of carbonyl (C=O) groups excluding carboxylic acids is 1. The number of amides is 1. The molecule has 0 aliphatic rings. The normalized spacial score (nSPS) is 13.5. The minimum absolute atomic E-state index is 0.0186. The summed E-state index contributed by atoms with van der Waals surface area (Å²) in [5.74, 6) is -0.229. The van der Waals surface area contributed by atoms with Gasteiger partial charge in [0.1, 0.15) is 6.10 Å². The fourth-order valence-electron chi connectivity index (χ4n) is 2.74. The quantitative estimate of drug-likeness (QED) is 0.727. The first-order valence-corrected chi connectivity index (χ1v) is 8.74. The van der Waals surface area contributed by atoms with Crippen molar-refractivity contribution in [3.8, 4) is 0 Å². The van der Waals surface area contributed by atoms with Crippen LogP contribution >= 0.6 is 0 Å². The van der Waals surface area contributed by atoms with Crippen LogP contribution in [-0.4, -0.2) is 43.1 Å². The third-order valence-corrected chi connectivity index (χ3v) is 4.32. The first-order valence-electron chi connectivity index (χ1n) is 8.74. The average molecular weight is 340 g/mol. The molecule has 0 radical (unpaired) electrons. The summed E-state index contributed by atoms with van der Waals surface area (Å²) in [6.07, 6.45) is 0.245. The van der Waals surface area contributed by atoms with E-state index in [-0.39, 0.29) is 11.8 Å². The maximum absolute atomic E-state index is 12.4. The van der Waals surface area contributed by atoms with Crippen LogP contribution in [0, 0.1) is 0 Å². The highest BCUT2D eigenvalue weighted by atomic mass is 16.3. The zero-order valence-electron chi connectivity index (χ0n) is 15.3. The predicted molar refractivity (Wildman–Crippen MR) is 102 cm³/mol. The van der Waals surface area contributed by atoms with E-state index < -0.39 is 6.10 Å². The highest BCUT2D eigenvalue weighted by Crippen LogP contribution is 2.25. The van der Waals surface area contributed by atoms with Crippen LogP contribution in [0.3, 0.4) is 0 Å². The lowest BCUT2D eigenvalue weighted by molar-refractivity contribution is -0.122. The van der Waals surface area contributed by atoms with Gasteiger partial charge in [-0.1, -0.05) is 54.6 Å². The van der Waals surface area contributed by atoms with Crippen LogP contribution in [-0.2, 0) is 4.79 Å². The van der Waals surface area contributed by atoms with E-state index in [0.717, 1.165) is 29.7 Å². The van der Waals surface area contributed by atoms with Crippen molar-refractivity contribution in [1.82, 2.24) is 10.2 Å². The second-order valence-corrected chi connectivity index (χ2v) is 6.65. The summed E-state index contributed by atoms with van der Waals surface area (Å²) >= 11 is 0. The minimum Gasteiger partial charge on any atom is -0.384 e. The topological polar surface area (TPSA) is 52.6 Å². The van der Waals surface area contributed by atoms with Gasteiger partial charge in [0.25, 0.3) is 0 Å². The fraction of sp³-hybridized carbons (Fsp3) is 0.381. The molecule has 0 saturated carbocycles. The van der Waals surface area contributed by atoms with E-state index in [1.165, 1.54) is 0 Å². The van der Waals surface area contributed by atoms with Crippen LogP contribution in [0.4, 0.5) is 0 Å². The molecule has 2 atom stereocenters. The van der Waals surface area contributed by atoms with E-state index in [9.17, 15) is 9.90 Å². The number of nitrogens with zero attached hydrogens (tertiary/aromatic N) is 1. The molecule has 4 nitrogen and oxygen atoms in total. The molecule has 1 amide bonds. The van der Waals surface area contributed by atoms with E-state index in [4.69, 9.17) is 0 Å². The van der Waals surface area contributed by atoms with Crippen molar-refractivity contribution in [2.24, 2.45) is 0 Å². The number of benzene rings is 2. The van der Waals surface area contributed by atoms with Gasteiger partial charge in [0, 0.05) is 6.54 Å². The molecule has 0 bridgehead atoms. The molecular formula is C21H28N2O2. The number of aliphatic hydroxyl groups is 1. The summed E-state index contributed by atoms with van der Waals surface area (Å²) in [7, 11) is 4.04. The lowest BCUT2D eigenvalue weighted by atomic mass is 9.94. The summed E-state index contributed by atoms with van der Waals surface area (Å²) in [5, 5.41) is 13.5. The Morgan fingerprint density at radius 2 is 1.68 bits per heavy atom. The van der Waals surface area contributed by atoms with Crippen LogP contribution in [0.2, 0.25) is 0 Å². The number of rotatable bonds is 8. The maximum Gasteiger partial charge on any atom is 0.227 e. The molecule has 0 heterocycles. The third kappa shape index (κ3) is 5.69. The lowest BCUT2D eigenvalue weighted by Gasteiger charge is -2.17. The third-order valence-electron chi connectivity index (χ3n) is 4.32. The number of hydrogen-bond donors (Lipinski definition) is 2. The van der Waals surface area contributed by atoms with Crippen LogP contribution in [0.5, 0.6) is 0 Å². The zero-order valence-corrected chi connectivity index (χ0v) is 15.3. The fourth-order valence-corrected chi connectivity index (χ4v) is 2.74. The van der Waals surface area contributed by atoms with Crippen LogP contribution < -0.4 is 5.32 Å². The van der Waals surface area contributed by atoms with E-state index in [1.54, 1.807) is 0 Å². The summed E-state index contributed by atoms with van der Waals surface area (Å²) in [6, 6.07) is 17.2. The molecule has 0 aliphatic carbocycles. The van der Waals surface area contributed by atoms with Gasteiger partial charge in [-0.3, -0.25) is 4.79 Å². The van der Waals surface area contributed by atoms with Gasteiger partial charge in [-0.05, 0) is 50.7 Å².